The number of ether oxygens (including phenoxy) is 1. The number of benzene rings is 1. The lowest BCUT2D eigenvalue weighted by atomic mass is 10.2. The van der Waals surface area contributed by atoms with Crippen molar-refractivity contribution in [3.05, 3.63) is 48.5 Å². The van der Waals surface area contributed by atoms with Crippen LogP contribution < -0.4 is 10.1 Å². The van der Waals surface area contributed by atoms with E-state index >= 15 is 0 Å². The third-order valence-electron chi connectivity index (χ3n) is 2.35. The normalized spacial score (nSPS) is 10.4. The molecular weight excluding hydrogens is 226 g/mol. The highest BCUT2D eigenvalue weighted by molar-refractivity contribution is 5.56. The summed E-state index contributed by atoms with van der Waals surface area (Å²) in [6, 6.07) is 9.79. The van der Waals surface area contributed by atoms with Gasteiger partial charge in [0.2, 0.25) is 0 Å². The van der Waals surface area contributed by atoms with E-state index in [2.05, 4.69) is 15.3 Å². The number of hydrogen-bond acceptors (Lipinski definition) is 4. The molecule has 94 valence electrons. The molecule has 1 heterocycles. The lowest BCUT2D eigenvalue weighted by Gasteiger charge is -2.15. The molecule has 1 aromatic carbocycles. The summed E-state index contributed by atoms with van der Waals surface area (Å²) in [5.41, 5.74) is 1.93. The summed E-state index contributed by atoms with van der Waals surface area (Å²) in [4.78, 5) is 8.06. The van der Waals surface area contributed by atoms with E-state index in [0.717, 1.165) is 17.1 Å². The highest BCUT2D eigenvalue weighted by Gasteiger charge is 2.04. The topological polar surface area (TPSA) is 47.0 Å². The number of nitrogens with one attached hydrogen (secondary N) is 1. The van der Waals surface area contributed by atoms with Crippen molar-refractivity contribution in [3.63, 3.8) is 0 Å². The Kier molecular flexibility index (Phi) is 4.12. The molecule has 4 heteroatoms. The Bertz CT molecular complexity index is 485. The number of hydrogen-bond donors (Lipinski definition) is 1. The molecule has 0 aliphatic carbocycles. The van der Waals surface area contributed by atoms with E-state index in [4.69, 9.17) is 4.74 Å². The van der Waals surface area contributed by atoms with Gasteiger partial charge in [-0.15, -0.1) is 0 Å². The molecule has 4 nitrogen and oxygen atoms in total. The van der Waals surface area contributed by atoms with Crippen molar-refractivity contribution < 1.29 is 4.74 Å². The van der Waals surface area contributed by atoms with Gasteiger partial charge in [-0.3, -0.25) is 0 Å². The first-order valence-electron chi connectivity index (χ1n) is 6.00. The third kappa shape index (κ3) is 3.45. The maximum Gasteiger partial charge on any atom is 0.142 e. The molecule has 0 aliphatic rings. The molecule has 0 radical (unpaired) electrons. The third-order valence-corrected chi connectivity index (χ3v) is 2.35. The van der Waals surface area contributed by atoms with E-state index in [1.807, 2.05) is 44.2 Å². The molecular formula is C14H17N3O. The van der Waals surface area contributed by atoms with Gasteiger partial charge in [0.15, 0.2) is 0 Å². The Morgan fingerprint density at radius 1 is 1.22 bits per heavy atom. The fourth-order valence-corrected chi connectivity index (χ4v) is 1.58. The minimum absolute atomic E-state index is 0.159. The first-order valence-corrected chi connectivity index (χ1v) is 6.00. The zero-order valence-electron chi connectivity index (χ0n) is 10.6. The molecule has 1 N–H and O–H groups in total. The maximum atomic E-state index is 5.74. The Morgan fingerprint density at radius 2 is 2.06 bits per heavy atom. The molecule has 0 amide bonds. The second-order valence-electron chi connectivity index (χ2n) is 4.22. The minimum Gasteiger partial charge on any atom is -0.489 e. The zero-order chi connectivity index (χ0) is 12.8. The standard InChI is InChI=1S/C14H17N3O/c1-11(2)18-14-6-4-3-5-13(14)16-9-12-7-8-15-10-17-12/h3-8,10-11,16H,9H2,1-2H3. The Balaban J connectivity index is 2.05. The molecule has 0 saturated heterocycles. The van der Waals surface area contributed by atoms with Gasteiger partial charge in [-0.2, -0.15) is 0 Å². The summed E-state index contributed by atoms with van der Waals surface area (Å²) in [6.07, 6.45) is 3.45. The molecule has 18 heavy (non-hydrogen) atoms. The molecule has 0 fully saturated rings. The second kappa shape index (κ2) is 6.00. The average Bonchev–Trinajstić information content (AvgIpc) is 2.38. The molecule has 0 bridgehead atoms. The van der Waals surface area contributed by atoms with Gasteiger partial charge in [-0.1, -0.05) is 12.1 Å². The highest BCUT2D eigenvalue weighted by Crippen LogP contribution is 2.25. The average molecular weight is 243 g/mol. The summed E-state index contributed by atoms with van der Waals surface area (Å²) in [5, 5.41) is 3.32. The molecule has 0 aliphatic heterocycles. The van der Waals surface area contributed by atoms with Crippen molar-refractivity contribution in [1.29, 1.82) is 0 Å². The van der Waals surface area contributed by atoms with Crippen LogP contribution in [-0.2, 0) is 6.54 Å². The van der Waals surface area contributed by atoms with Crippen molar-refractivity contribution >= 4 is 5.69 Å². The van der Waals surface area contributed by atoms with E-state index in [1.165, 1.54) is 0 Å². The highest BCUT2D eigenvalue weighted by atomic mass is 16.5. The van der Waals surface area contributed by atoms with Gasteiger partial charge in [0.1, 0.15) is 12.1 Å². The van der Waals surface area contributed by atoms with Crippen LogP contribution >= 0.6 is 0 Å². The van der Waals surface area contributed by atoms with E-state index in [-0.39, 0.29) is 6.10 Å². The second-order valence-corrected chi connectivity index (χ2v) is 4.22. The van der Waals surface area contributed by atoms with Crippen molar-refractivity contribution in [1.82, 2.24) is 9.97 Å². The largest absolute Gasteiger partial charge is 0.489 e. The van der Waals surface area contributed by atoms with Crippen LogP contribution in [0.3, 0.4) is 0 Å². The van der Waals surface area contributed by atoms with Crippen LogP contribution in [0.15, 0.2) is 42.9 Å². The molecule has 1 aromatic heterocycles. The predicted octanol–water partition coefficient (Wildman–Crippen LogP) is 2.88. The summed E-state index contributed by atoms with van der Waals surface area (Å²) in [6.45, 7) is 4.68. The first kappa shape index (κ1) is 12.4. The number of para-hydroxylation sites is 2. The molecule has 2 rings (SSSR count). The van der Waals surface area contributed by atoms with Gasteiger partial charge in [-0.25, -0.2) is 9.97 Å². The van der Waals surface area contributed by atoms with Gasteiger partial charge in [0.05, 0.1) is 24.0 Å². The number of aromatic nitrogens is 2. The van der Waals surface area contributed by atoms with Crippen LogP contribution in [-0.4, -0.2) is 16.1 Å². The molecule has 2 aromatic rings. The number of anilines is 1. The summed E-state index contributed by atoms with van der Waals surface area (Å²) in [5.74, 6) is 0.863. The van der Waals surface area contributed by atoms with Crippen molar-refractivity contribution in [2.45, 2.75) is 26.5 Å². The van der Waals surface area contributed by atoms with Crippen LogP contribution in [0.5, 0.6) is 5.75 Å². The van der Waals surface area contributed by atoms with Crippen LogP contribution in [0.4, 0.5) is 5.69 Å². The monoisotopic (exact) mass is 243 g/mol. The fraction of sp³-hybridized carbons (Fsp3) is 0.286. The summed E-state index contributed by atoms with van der Waals surface area (Å²) in [7, 11) is 0. The predicted molar refractivity (Wildman–Crippen MR) is 71.6 cm³/mol. The molecule has 0 atom stereocenters. The fourth-order valence-electron chi connectivity index (χ4n) is 1.58. The van der Waals surface area contributed by atoms with Gasteiger partial charge >= 0.3 is 0 Å². The van der Waals surface area contributed by atoms with Gasteiger partial charge in [0, 0.05) is 6.20 Å². The molecule has 0 unspecified atom stereocenters. The minimum atomic E-state index is 0.159. The summed E-state index contributed by atoms with van der Waals surface area (Å²) < 4.78 is 5.74. The molecule has 0 spiro atoms. The molecule has 0 saturated carbocycles. The van der Waals surface area contributed by atoms with Crippen LogP contribution in [0.1, 0.15) is 19.5 Å². The SMILES string of the molecule is CC(C)Oc1ccccc1NCc1ccncn1. The summed E-state index contributed by atoms with van der Waals surface area (Å²) >= 11 is 0. The van der Waals surface area contributed by atoms with E-state index in [9.17, 15) is 0 Å². The van der Waals surface area contributed by atoms with Crippen LogP contribution in [0, 0.1) is 0 Å². The van der Waals surface area contributed by atoms with Crippen molar-refractivity contribution in [3.8, 4) is 5.75 Å². The lowest BCUT2D eigenvalue weighted by molar-refractivity contribution is 0.243. The number of nitrogens with zero attached hydrogens (tertiary/aromatic N) is 2. The quantitative estimate of drug-likeness (QED) is 0.877. The van der Waals surface area contributed by atoms with Crippen molar-refractivity contribution in [2.75, 3.05) is 5.32 Å². The first-order chi connectivity index (χ1) is 8.75. The van der Waals surface area contributed by atoms with Crippen molar-refractivity contribution in [2.24, 2.45) is 0 Å². The van der Waals surface area contributed by atoms with E-state index in [0.29, 0.717) is 6.54 Å². The Morgan fingerprint density at radius 3 is 2.78 bits per heavy atom. The number of rotatable bonds is 5. The van der Waals surface area contributed by atoms with E-state index < -0.39 is 0 Å². The van der Waals surface area contributed by atoms with Crippen LogP contribution in [0.25, 0.3) is 0 Å². The van der Waals surface area contributed by atoms with Gasteiger partial charge in [0.25, 0.3) is 0 Å². The lowest BCUT2D eigenvalue weighted by Crippen LogP contribution is -2.09. The zero-order valence-corrected chi connectivity index (χ0v) is 10.6. The smallest absolute Gasteiger partial charge is 0.142 e. The van der Waals surface area contributed by atoms with Gasteiger partial charge < -0.3 is 10.1 Å². The Labute approximate surface area is 107 Å². The van der Waals surface area contributed by atoms with Crippen LogP contribution in [0.2, 0.25) is 0 Å². The van der Waals surface area contributed by atoms with E-state index in [1.54, 1.807) is 12.5 Å². The van der Waals surface area contributed by atoms with Gasteiger partial charge in [-0.05, 0) is 32.0 Å². The maximum absolute atomic E-state index is 5.74. The Hall–Kier alpha value is -2.10.